The first kappa shape index (κ1) is 15.0. The monoisotopic (exact) mass is 318 g/mol. The topological polar surface area (TPSA) is 51.0 Å². The Kier molecular flexibility index (Phi) is 4.43. The second kappa shape index (κ2) is 6.48. The summed E-state index contributed by atoms with van der Waals surface area (Å²) in [7, 11) is 0. The van der Waals surface area contributed by atoms with Gasteiger partial charge in [0.05, 0.1) is 17.0 Å². The molecule has 1 saturated heterocycles. The lowest BCUT2D eigenvalue weighted by atomic mass is 9.96. The van der Waals surface area contributed by atoms with E-state index in [4.69, 9.17) is 11.6 Å². The summed E-state index contributed by atoms with van der Waals surface area (Å²) < 4.78 is 1.73. The summed E-state index contributed by atoms with van der Waals surface area (Å²) in [5.74, 6) is 0.498. The van der Waals surface area contributed by atoms with Crippen molar-refractivity contribution >= 4 is 17.3 Å². The molecule has 0 saturated carbocycles. The summed E-state index contributed by atoms with van der Waals surface area (Å²) in [6.07, 6.45) is 8.79. The zero-order chi connectivity index (χ0) is 15.5. The fraction of sp³-hybridized carbons (Fsp3) is 0.438. The average molecular weight is 319 g/mol. The minimum atomic E-state index is 0.0645. The van der Waals surface area contributed by atoms with Crippen LogP contribution in [0.3, 0.4) is 0 Å². The molecule has 0 amide bonds. The first-order valence-corrected chi connectivity index (χ1v) is 7.88. The number of aromatic nitrogens is 3. The Balaban J connectivity index is 1.64. The summed E-state index contributed by atoms with van der Waals surface area (Å²) in [5, 5.41) is 0.694. The Morgan fingerprint density at radius 3 is 2.77 bits per heavy atom. The minimum absolute atomic E-state index is 0.0645. The second-order valence-corrected chi connectivity index (χ2v) is 6.20. The van der Waals surface area contributed by atoms with Crippen LogP contribution in [0.15, 0.2) is 35.8 Å². The Morgan fingerprint density at radius 1 is 1.27 bits per heavy atom. The molecule has 2 aromatic rings. The maximum absolute atomic E-state index is 12.1. The van der Waals surface area contributed by atoms with Gasteiger partial charge in [0, 0.05) is 43.8 Å². The number of rotatable bonds is 3. The van der Waals surface area contributed by atoms with Crippen LogP contribution in [0.5, 0.6) is 0 Å². The average Bonchev–Trinajstić information content (AvgIpc) is 2.53. The largest absolute Gasteiger partial charge is 0.370 e. The quantitative estimate of drug-likeness (QED) is 0.872. The van der Waals surface area contributed by atoms with E-state index in [1.807, 2.05) is 6.07 Å². The van der Waals surface area contributed by atoms with Gasteiger partial charge in [-0.15, -0.1) is 0 Å². The predicted molar refractivity (Wildman–Crippen MR) is 87.4 cm³/mol. The number of aryl methyl sites for hydroxylation is 1. The first-order chi connectivity index (χ1) is 10.6. The van der Waals surface area contributed by atoms with Crippen LogP contribution < -0.4 is 10.5 Å². The highest BCUT2D eigenvalue weighted by Crippen LogP contribution is 2.29. The van der Waals surface area contributed by atoms with Crippen LogP contribution in [0, 0.1) is 12.8 Å². The minimum Gasteiger partial charge on any atom is -0.370 e. The fourth-order valence-corrected chi connectivity index (χ4v) is 3.19. The van der Waals surface area contributed by atoms with Gasteiger partial charge in [-0.2, -0.15) is 0 Å². The second-order valence-electron chi connectivity index (χ2n) is 5.79. The lowest BCUT2D eigenvalue weighted by molar-refractivity contribution is 0.350. The lowest BCUT2D eigenvalue weighted by Crippen LogP contribution is -2.36. The van der Waals surface area contributed by atoms with Crippen molar-refractivity contribution in [1.29, 1.82) is 0 Å². The molecular weight excluding hydrogens is 300 g/mol. The van der Waals surface area contributed by atoms with Crippen LogP contribution in [0.2, 0.25) is 5.02 Å². The number of pyridine rings is 1. The first-order valence-electron chi connectivity index (χ1n) is 7.50. The maximum atomic E-state index is 12.1. The molecule has 0 aromatic carbocycles. The zero-order valence-corrected chi connectivity index (χ0v) is 13.3. The van der Waals surface area contributed by atoms with Crippen molar-refractivity contribution in [3.63, 3.8) is 0 Å². The number of halogens is 1. The van der Waals surface area contributed by atoms with E-state index in [1.54, 1.807) is 36.4 Å². The molecule has 1 aliphatic rings. The van der Waals surface area contributed by atoms with Crippen LogP contribution in [-0.2, 0) is 6.54 Å². The van der Waals surface area contributed by atoms with Gasteiger partial charge in [0.15, 0.2) is 0 Å². The molecule has 0 radical (unpaired) electrons. The molecule has 0 spiro atoms. The third kappa shape index (κ3) is 3.14. The molecular formula is C16H19ClN4O. The predicted octanol–water partition coefficient (Wildman–Crippen LogP) is 2.52. The number of nitrogens with zero attached hydrogens (tertiary/aromatic N) is 4. The molecule has 3 rings (SSSR count). The number of hydrogen-bond acceptors (Lipinski definition) is 4. The summed E-state index contributed by atoms with van der Waals surface area (Å²) in [6.45, 7) is 4.44. The molecule has 0 atom stereocenters. The van der Waals surface area contributed by atoms with Crippen molar-refractivity contribution in [2.75, 3.05) is 18.0 Å². The molecule has 1 fully saturated rings. The molecule has 2 aromatic heterocycles. The van der Waals surface area contributed by atoms with Gasteiger partial charge in [-0.3, -0.25) is 14.3 Å². The Labute approximate surface area is 134 Å². The number of anilines is 1. The fourth-order valence-electron chi connectivity index (χ4n) is 2.95. The molecule has 1 aliphatic heterocycles. The molecule has 6 heteroatoms. The van der Waals surface area contributed by atoms with Gasteiger partial charge in [-0.1, -0.05) is 11.6 Å². The van der Waals surface area contributed by atoms with E-state index in [1.165, 1.54) is 0 Å². The summed E-state index contributed by atoms with van der Waals surface area (Å²) in [5.41, 5.74) is 1.81. The van der Waals surface area contributed by atoms with Gasteiger partial charge in [-0.05, 0) is 31.7 Å². The van der Waals surface area contributed by atoms with Gasteiger partial charge in [0.1, 0.15) is 0 Å². The highest BCUT2D eigenvalue weighted by molar-refractivity contribution is 6.33. The van der Waals surface area contributed by atoms with E-state index in [9.17, 15) is 4.79 Å². The molecule has 0 bridgehead atoms. The van der Waals surface area contributed by atoms with Crippen LogP contribution in [-0.4, -0.2) is 27.6 Å². The third-order valence-corrected chi connectivity index (χ3v) is 4.52. The van der Waals surface area contributed by atoms with E-state index in [-0.39, 0.29) is 5.56 Å². The SMILES string of the molecule is Cc1cncn(CC2CCN(c3ccncc3Cl)CC2)c1=O. The van der Waals surface area contributed by atoms with Crippen LogP contribution in [0.1, 0.15) is 18.4 Å². The number of hydrogen-bond donors (Lipinski definition) is 0. The summed E-state index contributed by atoms with van der Waals surface area (Å²) in [6, 6.07) is 1.96. The van der Waals surface area contributed by atoms with E-state index >= 15 is 0 Å². The molecule has 0 unspecified atom stereocenters. The summed E-state index contributed by atoms with van der Waals surface area (Å²) in [4.78, 5) is 22.5. The van der Waals surface area contributed by atoms with Crippen molar-refractivity contribution in [3.8, 4) is 0 Å². The Morgan fingerprint density at radius 2 is 2.05 bits per heavy atom. The normalized spacial score (nSPS) is 16.0. The van der Waals surface area contributed by atoms with E-state index in [0.29, 0.717) is 16.5 Å². The van der Waals surface area contributed by atoms with Gasteiger partial charge in [-0.25, -0.2) is 4.98 Å². The third-order valence-electron chi connectivity index (χ3n) is 4.23. The van der Waals surface area contributed by atoms with E-state index in [0.717, 1.165) is 38.2 Å². The number of piperidine rings is 1. The van der Waals surface area contributed by atoms with Gasteiger partial charge in [0.2, 0.25) is 0 Å². The van der Waals surface area contributed by atoms with Crippen molar-refractivity contribution in [1.82, 2.24) is 14.5 Å². The molecule has 116 valence electrons. The van der Waals surface area contributed by atoms with Gasteiger partial charge in [0.25, 0.3) is 5.56 Å². The van der Waals surface area contributed by atoms with Crippen LogP contribution in [0.25, 0.3) is 0 Å². The standard InChI is InChI=1S/C16H19ClN4O/c1-12-8-19-11-21(16(12)22)10-13-3-6-20(7-4-13)15-2-5-18-9-14(15)17/h2,5,8-9,11,13H,3-4,6-7,10H2,1H3. The Bertz CT molecular complexity index is 707. The van der Waals surface area contributed by atoms with Gasteiger partial charge < -0.3 is 4.90 Å². The van der Waals surface area contributed by atoms with E-state index in [2.05, 4.69) is 14.9 Å². The van der Waals surface area contributed by atoms with E-state index < -0.39 is 0 Å². The molecule has 5 nitrogen and oxygen atoms in total. The zero-order valence-electron chi connectivity index (χ0n) is 12.6. The molecule has 0 N–H and O–H groups in total. The van der Waals surface area contributed by atoms with Crippen molar-refractivity contribution < 1.29 is 0 Å². The smallest absolute Gasteiger partial charge is 0.256 e. The van der Waals surface area contributed by atoms with Crippen molar-refractivity contribution in [2.24, 2.45) is 5.92 Å². The van der Waals surface area contributed by atoms with Crippen LogP contribution in [0.4, 0.5) is 5.69 Å². The van der Waals surface area contributed by atoms with Crippen LogP contribution >= 0.6 is 11.6 Å². The Hall–Kier alpha value is -1.88. The molecule has 3 heterocycles. The summed E-state index contributed by atoms with van der Waals surface area (Å²) >= 11 is 6.20. The highest BCUT2D eigenvalue weighted by atomic mass is 35.5. The highest BCUT2D eigenvalue weighted by Gasteiger charge is 2.21. The molecule has 0 aliphatic carbocycles. The molecule has 22 heavy (non-hydrogen) atoms. The van der Waals surface area contributed by atoms with Crippen molar-refractivity contribution in [3.05, 3.63) is 51.9 Å². The maximum Gasteiger partial charge on any atom is 0.256 e. The van der Waals surface area contributed by atoms with Gasteiger partial charge >= 0.3 is 0 Å². The lowest BCUT2D eigenvalue weighted by Gasteiger charge is -2.34. The van der Waals surface area contributed by atoms with Crippen molar-refractivity contribution in [2.45, 2.75) is 26.3 Å².